The van der Waals surface area contributed by atoms with E-state index in [2.05, 4.69) is 64.1 Å². The first-order valence-electron chi connectivity index (χ1n) is 5.54. The Hall–Kier alpha value is 1.11. The highest BCUT2D eigenvalue weighted by atomic mass is 35.7. The van der Waals surface area contributed by atoms with Crippen LogP contribution >= 0.6 is 18.7 Å². The summed E-state index contributed by atoms with van der Waals surface area (Å²) in [7, 11) is -3.14. The Morgan fingerprint density at radius 3 is 1.20 bits per heavy atom. The van der Waals surface area contributed by atoms with E-state index in [0.29, 0.717) is 0 Å². The molecule has 0 aliphatic heterocycles. The Morgan fingerprint density at radius 1 is 0.867 bits per heavy atom. The van der Waals surface area contributed by atoms with E-state index < -0.39 is 23.9 Å². The molecular formula is C10H27ClNPSi2. The SMILES string of the molecule is CC(C)(C)P(Cl)N([Si](C)(C)C)[Si](C)(C)C. The van der Waals surface area contributed by atoms with E-state index in [1.807, 2.05) is 0 Å². The van der Waals surface area contributed by atoms with Crippen LogP contribution in [0.25, 0.3) is 0 Å². The maximum Gasteiger partial charge on any atom is 0.117 e. The number of rotatable bonds is 3. The molecule has 0 aromatic carbocycles. The summed E-state index contributed by atoms with van der Waals surface area (Å²) in [5.41, 5.74) is 0. The molecule has 0 heterocycles. The van der Waals surface area contributed by atoms with Crippen LogP contribution in [-0.4, -0.2) is 25.6 Å². The summed E-state index contributed by atoms with van der Waals surface area (Å²) in [6.45, 7) is 21.3. The smallest absolute Gasteiger partial charge is 0.117 e. The summed E-state index contributed by atoms with van der Waals surface area (Å²) in [6.07, 6.45) is 0. The van der Waals surface area contributed by atoms with Crippen molar-refractivity contribution in [2.75, 3.05) is 0 Å². The van der Waals surface area contributed by atoms with Gasteiger partial charge in [-0.05, 0) is 0 Å². The molecular weight excluding hydrogens is 257 g/mol. The number of nitrogens with zero attached hydrogens (tertiary/aromatic N) is 1. The average Bonchev–Trinajstić information content (AvgIpc) is 1.76. The molecule has 0 spiro atoms. The van der Waals surface area contributed by atoms with Gasteiger partial charge in [-0.3, -0.25) is 0 Å². The van der Waals surface area contributed by atoms with Gasteiger partial charge in [-0.25, -0.2) is 0 Å². The van der Waals surface area contributed by atoms with Crippen LogP contribution < -0.4 is 0 Å². The van der Waals surface area contributed by atoms with Gasteiger partial charge in [0, 0.05) is 5.16 Å². The summed E-state index contributed by atoms with van der Waals surface area (Å²) < 4.78 is 2.73. The van der Waals surface area contributed by atoms with Crippen molar-refractivity contribution in [3.63, 3.8) is 0 Å². The predicted molar refractivity (Wildman–Crippen MR) is 81.1 cm³/mol. The maximum absolute atomic E-state index is 6.75. The highest BCUT2D eigenvalue weighted by molar-refractivity contribution is 7.85. The minimum atomic E-state index is -1.30. The second-order valence-electron chi connectivity index (χ2n) is 7.08. The Bertz CT molecular complexity index is 201. The molecule has 1 unspecified atom stereocenters. The topological polar surface area (TPSA) is 3.24 Å². The fraction of sp³-hybridized carbons (Fsp3) is 1.00. The zero-order valence-electron chi connectivity index (χ0n) is 11.8. The van der Waals surface area contributed by atoms with Gasteiger partial charge in [0.15, 0.2) is 0 Å². The molecule has 0 bridgehead atoms. The van der Waals surface area contributed by atoms with Crippen LogP contribution in [0, 0.1) is 0 Å². The van der Waals surface area contributed by atoms with Crippen molar-refractivity contribution < 1.29 is 0 Å². The molecule has 1 atom stereocenters. The second-order valence-corrected chi connectivity index (χ2v) is 21.1. The third-order valence-electron chi connectivity index (χ3n) is 2.00. The van der Waals surface area contributed by atoms with E-state index in [9.17, 15) is 0 Å². The third-order valence-corrected chi connectivity index (χ3v) is 17.6. The van der Waals surface area contributed by atoms with Crippen molar-refractivity contribution >= 4 is 35.1 Å². The lowest BCUT2D eigenvalue weighted by Gasteiger charge is -2.49. The summed E-state index contributed by atoms with van der Waals surface area (Å²) in [5, 5.41) is 0.220. The lowest BCUT2D eigenvalue weighted by molar-refractivity contribution is 0.760. The van der Waals surface area contributed by atoms with Gasteiger partial charge < -0.3 is 4.00 Å². The molecule has 5 heteroatoms. The van der Waals surface area contributed by atoms with Crippen molar-refractivity contribution in [2.24, 2.45) is 0 Å². The molecule has 92 valence electrons. The van der Waals surface area contributed by atoms with Gasteiger partial charge in [-0.1, -0.05) is 71.3 Å². The Kier molecular flexibility index (Phi) is 5.13. The molecule has 15 heavy (non-hydrogen) atoms. The normalized spacial score (nSPS) is 17.0. The highest BCUT2D eigenvalue weighted by Crippen LogP contribution is 2.60. The maximum atomic E-state index is 6.75. The molecule has 0 aliphatic carbocycles. The zero-order valence-corrected chi connectivity index (χ0v) is 15.4. The Labute approximate surface area is 104 Å². The minimum absolute atomic E-state index is 0.220. The predicted octanol–water partition coefficient (Wildman–Crippen LogP) is 5.31. The van der Waals surface area contributed by atoms with Crippen molar-refractivity contribution in [1.29, 1.82) is 0 Å². The zero-order chi connectivity index (χ0) is 12.7. The van der Waals surface area contributed by atoms with Crippen molar-refractivity contribution in [3.05, 3.63) is 0 Å². The lowest BCUT2D eigenvalue weighted by atomic mass is 10.3. The van der Waals surface area contributed by atoms with E-state index >= 15 is 0 Å². The van der Waals surface area contributed by atoms with Gasteiger partial charge >= 0.3 is 0 Å². The van der Waals surface area contributed by atoms with E-state index in [1.165, 1.54) is 0 Å². The molecule has 0 aliphatic rings. The first-order chi connectivity index (χ1) is 6.28. The van der Waals surface area contributed by atoms with E-state index in [-0.39, 0.29) is 5.16 Å². The number of hydrogen-bond acceptors (Lipinski definition) is 1. The largest absolute Gasteiger partial charge is 0.312 e. The summed E-state index contributed by atoms with van der Waals surface area (Å²) in [4.78, 5) is 0. The van der Waals surface area contributed by atoms with Gasteiger partial charge in [0.2, 0.25) is 0 Å². The molecule has 0 amide bonds. The first-order valence-corrected chi connectivity index (χ1v) is 14.6. The molecule has 0 saturated carbocycles. The third kappa shape index (κ3) is 4.87. The van der Waals surface area contributed by atoms with Crippen molar-refractivity contribution in [2.45, 2.75) is 65.2 Å². The lowest BCUT2D eigenvalue weighted by Crippen LogP contribution is -2.56. The highest BCUT2D eigenvalue weighted by Gasteiger charge is 2.43. The van der Waals surface area contributed by atoms with Crippen LogP contribution in [0.2, 0.25) is 39.3 Å². The van der Waals surface area contributed by atoms with Crippen LogP contribution in [0.5, 0.6) is 0 Å². The van der Waals surface area contributed by atoms with Gasteiger partial charge in [0.05, 0.1) is 7.43 Å². The summed E-state index contributed by atoms with van der Waals surface area (Å²) >= 11 is 6.75. The summed E-state index contributed by atoms with van der Waals surface area (Å²) in [6, 6.07) is 0. The van der Waals surface area contributed by atoms with Gasteiger partial charge in [0.1, 0.15) is 16.5 Å². The molecule has 0 saturated heterocycles. The average molecular weight is 284 g/mol. The fourth-order valence-electron chi connectivity index (χ4n) is 1.83. The Balaban J connectivity index is 5.16. The number of hydrogen-bond donors (Lipinski definition) is 0. The van der Waals surface area contributed by atoms with Crippen molar-refractivity contribution in [3.8, 4) is 0 Å². The second kappa shape index (κ2) is 4.77. The van der Waals surface area contributed by atoms with E-state index in [0.717, 1.165) is 0 Å². The quantitative estimate of drug-likeness (QED) is 0.501. The molecule has 0 aromatic heterocycles. The monoisotopic (exact) mass is 283 g/mol. The van der Waals surface area contributed by atoms with E-state index in [4.69, 9.17) is 11.2 Å². The molecule has 0 aromatic rings. The standard InChI is InChI=1S/C10H27ClNPSi2/c1-10(2,3)13(11)12(14(4,5)6)15(7,8)9/h1-9H3. The van der Waals surface area contributed by atoms with E-state index in [1.54, 1.807) is 0 Å². The van der Waals surface area contributed by atoms with Crippen LogP contribution in [0.15, 0.2) is 0 Å². The summed E-state index contributed by atoms with van der Waals surface area (Å²) in [5.74, 6) is 0. The molecule has 0 fully saturated rings. The Morgan fingerprint density at radius 2 is 1.13 bits per heavy atom. The van der Waals surface area contributed by atoms with Crippen molar-refractivity contribution in [1.82, 2.24) is 4.00 Å². The van der Waals surface area contributed by atoms with Gasteiger partial charge in [-0.2, -0.15) is 0 Å². The fourth-order valence-corrected chi connectivity index (χ4v) is 20.6. The minimum Gasteiger partial charge on any atom is -0.312 e. The van der Waals surface area contributed by atoms with Gasteiger partial charge in [-0.15, -0.1) is 0 Å². The van der Waals surface area contributed by atoms with Crippen LogP contribution in [0.1, 0.15) is 20.8 Å². The number of halogens is 1. The first kappa shape index (κ1) is 16.1. The van der Waals surface area contributed by atoms with Gasteiger partial charge in [0.25, 0.3) is 0 Å². The molecule has 0 radical (unpaired) electrons. The van der Waals surface area contributed by atoms with Crippen LogP contribution in [-0.2, 0) is 0 Å². The molecule has 0 rings (SSSR count). The van der Waals surface area contributed by atoms with Crippen LogP contribution in [0.3, 0.4) is 0 Å². The molecule has 0 N–H and O–H groups in total. The molecule has 1 nitrogen and oxygen atoms in total. The van der Waals surface area contributed by atoms with Crippen LogP contribution in [0.4, 0.5) is 0 Å².